The van der Waals surface area contributed by atoms with Crippen LogP contribution in [-0.2, 0) is 10.0 Å². The van der Waals surface area contributed by atoms with E-state index in [-0.39, 0.29) is 23.3 Å². The van der Waals surface area contributed by atoms with Gasteiger partial charge < -0.3 is 10.1 Å². The Bertz CT molecular complexity index is 756. The normalized spacial score (nSPS) is 18.6. The van der Waals surface area contributed by atoms with Crippen molar-refractivity contribution in [3.8, 4) is 5.88 Å². The lowest BCUT2D eigenvalue weighted by Crippen LogP contribution is -2.48. The molecule has 130 valence electrons. The monoisotopic (exact) mass is 370 g/mol. The molecule has 0 bridgehead atoms. The second kappa shape index (κ2) is 7.89. The van der Waals surface area contributed by atoms with Crippen molar-refractivity contribution in [1.29, 1.82) is 0 Å². The maximum absolute atomic E-state index is 13.0. The Kier molecular flexibility index (Phi) is 6.11. The molecular formula is C15H19ClN4O3S. The second-order valence-corrected chi connectivity index (χ2v) is 7.05. The Hall–Kier alpha value is -1.74. The summed E-state index contributed by atoms with van der Waals surface area (Å²) in [4.78, 5) is 8.25. The quantitative estimate of drug-likeness (QED) is 0.871. The van der Waals surface area contributed by atoms with Crippen molar-refractivity contribution in [3.05, 3.63) is 48.4 Å². The van der Waals surface area contributed by atoms with Gasteiger partial charge in [-0.1, -0.05) is 6.07 Å². The van der Waals surface area contributed by atoms with Crippen LogP contribution >= 0.6 is 12.4 Å². The van der Waals surface area contributed by atoms with Crippen molar-refractivity contribution in [2.75, 3.05) is 26.7 Å². The van der Waals surface area contributed by atoms with Crippen LogP contribution in [0.2, 0.25) is 0 Å². The third-order valence-corrected chi connectivity index (χ3v) is 5.68. The van der Waals surface area contributed by atoms with Gasteiger partial charge in [-0.15, -0.1) is 12.4 Å². The zero-order valence-electron chi connectivity index (χ0n) is 13.1. The van der Waals surface area contributed by atoms with Gasteiger partial charge >= 0.3 is 0 Å². The molecule has 1 aliphatic heterocycles. The molecule has 3 heterocycles. The SMILES string of the molecule is COc1ccc(S(=O)(=O)N2CCNCC2c2cccnc2)cn1.Cl. The van der Waals surface area contributed by atoms with E-state index in [1.165, 1.54) is 23.7 Å². The van der Waals surface area contributed by atoms with Crippen molar-refractivity contribution >= 4 is 22.4 Å². The lowest BCUT2D eigenvalue weighted by atomic mass is 10.1. The largest absolute Gasteiger partial charge is 0.481 e. The summed E-state index contributed by atoms with van der Waals surface area (Å²) in [5, 5.41) is 3.24. The molecule has 2 aromatic heterocycles. The molecule has 1 unspecified atom stereocenters. The van der Waals surface area contributed by atoms with E-state index in [0.717, 1.165) is 5.56 Å². The van der Waals surface area contributed by atoms with E-state index in [4.69, 9.17) is 4.74 Å². The molecule has 1 atom stereocenters. The average molecular weight is 371 g/mol. The van der Waals surface area contributed by atoms with Crippen LogP contribution in [0.5, 0.6) is 5.88 Å². The molecule has 7 nitrogen and oxygen atoms in total. The summed E-state index contributed by atoms with van der Waals surface area (Å²) in [5.74, 6) is 0.382. The van der Waals surface area contributed by atoms with Gasteiger partial charge in [-0.2, -0.15) is 4.31 Å². The molecule has 24 heavy (non-hydrogen) atoms. The first-order valence-electron chi connectivity index (χ1n) is 7.25. The third-order valence-electron chi connectivity index (χ3n) is 3.79. The molecule has 3 rings (SSSR count). The maximum Gasteiger partial charge on any atom is 0.245 e. The molecule has 0 saturated carbocycles. The minimum Gasteiger partial charge on any atom is -0.481 e. The molecule has 0 aliphatic carbocycles. The number of ether oxygens (including phenoxy) is 1. The Morgan fingerprint density at radius 2 is 2.12 bits per heavy atom. The highest BCUT2D eigenvalue weighted by atomic mass is 35.5. The van der Waals surface area contributed by atoms with Crippen molar-refractivity contribution < 1.29 is 13.2 Å². The first kappa shape index (κ1) is 18.6. The number of nitrogens with zero attached hydrogens (tertiary/aromatic N) is 3. The highest BCUT2D eigenvalue weighted by Gasteiger charge is 2.34. The number of hydrogen-bond acceptors (Lipinski definition) is 6. The molecule has 2 aromatic rings. The standard InChI is InChI=1S/C15H18N4O3S.ClH/c1-22-15-5-4-13(10-18-15)23(20,21)19-8-7-17-11-14(19)12-3-2-6-16-9-12;/h2-6,9-10,14,17H,7-8,11H2,1H3;1H. The van der Waals surface area contributed by atoms with Crippen LogP contribution in [0.3, 0.4) is 0 Å². The first-order chi connectivity index (χ1) is 11.1. The first-order valence-corrected chi connectivity index (χ1v) is 8.69. The summed E-state index contributed by atoms with van der Waals surface area (Å²) in [6.45, 7) is 1.56. The zero-order chi connectivity index (χ0) is 16.3. The topological polar surface area (TPSA) is 84.4 Å². The van der Waals surface area contributed by atoms with E-state index in [0.29, 0.717) is 25.5 Å². The number of aromatic nitrogens is 2. The number of rotatable bonds is 4. The fourth-order valence-electron chi connectivity index (χ4n) is 2.61. The number of hydrogen-bond donors (Lipinski definition) is 1. The number of halogens is 1. The molecule has 0 spiro atoms. The van der Waals surface area contributed by atoms with Gasteiger partial charge in [0.2, 0.25) is 15.9 Å². The minimum atomic E-state index is -3.64. The van der Waals surface area contributed by atoms with Crippen LogP contribution in [0.25, 0.3) is 0 Å². The van der Waals surface area contributed by atoms with Gasteiger partial charge in [0.15, 0.2) is 0 Å². The fraction of sp³-hybridized carbons (Fsp3) is 0.333. The lowest BCUT2D eigenvalue weighted by molar-refractivity contribution is 0.271. The Morgan fingerprint density at radius 3 is 2.75 bits per heavy atom. The Labute approximate surface area is 147 Å². The molecule has 9 heteroatoms. The molecular weight excluding hydrogens is 352 g/mol. The Morgan fingerprint density at radius 1 is 1.29 bits per heavy atom. The van der Waals surface area contributed by atoms with Gasteiger partial charge in [-0.05, 0) is 17.7 Å². The summed E-state index contributed by atoms with van der Waals surface area (Å²) in [6.07, 6.45) is 4.70. The van der Waals surface area contributed by atoms with E-state index < -0.39 is 10.0 Å². The average Bonchev–Trinajstić information content (AvgIpc) is 2.62. The fourth-order valence-corrected chi connectivity index (χ4v) is 4.17. The highest BCUT2D eigenvalue weighted by Crippen LogP contribution is 2.28. The zero-order valence-corrected chi connectivity index (χ0v) is 14.8. The number of pyridine rings is 2. The summed E-state index contributed by atoms with van der Waals surface area (Å²) >= 11 is 0. The van der Waals surface area contributed by atoms with Crippen molar-refractivity contribution in [3.63, 3.8) is 0 Å². The van der Waals surface area contributed by atoms with Crippen LogP contribution in [-0.4, -0.2) is 49.4 Å². The van der Waals surface area contributed by atoms with Crippen LogP contribution in [0.4, 0.5) is 0 Å². The van der Waals surface area contributed by atoms with Crippen molar-refractivity contribution in [1.82, 2.24) is 19.6 Å². The van der Waals surface area contributed by atoms with Crippen LogP contribution < -0.4 is 10.1 Å². The Balaban J connectivity index is 0.00000208. The minimum absolute atomic E-state index is 0. The molecule has 0 aromatic carbocycles. The van der Waals surface area contributed by atoms with Gasteiger partial charge in [0, 0.05) is 38.1 Å². The van der Waals surface area contributed by atoms with Gasteiger partial charge in [0.1, 0.15) is 4.90 Å². The molecule has 1 aliphatic rings. The summed E-state index contributed by atoms with van der Waals surface area (Å²) in [6, 6.07) is 6.48. The summed E-state index contributed by atoms with van der Waals surface area (Å²) in [7, 11) is -2.15. The van der Waals surface area contributed by atoms with Crippen LogP contribution in [0.1, 0.15) is 11.6 Å². The van der Waals surface area contributed by atoms with Crippen LogP contribution in [0.15, 0.2) is 47.8 Å². The molecule has 1 N–H and O–H groups in total. The molecule has 0 radical (unpaired) electrons. The predicted octanol–water partition coefficient (Wildman–Crippen LogP) is 1.24. The summed E-state index contributed by atoms with van der Waals surface area (Å²) < 4.78 is 32.4. The van der Waals surface area contributed by atoms with Gasteiger partial charge in [0.25, 0.3) is 0 Å². The number of sulfonamides is 1. The number of piperazine rings is 1. The van der Waals surface area contributed by atoms with E-state index in [9.17, 15) is 8.42 Å². The number of methoxy groups -OCH3 is 1. The van der Waals surface area contributed by atoms with Crippen molar-refractivity contribution in [2.45, 2.75) is 10.9 Å². The van der Waals surface area contributed by atoms with Gasteiger partial charge in [0.05, 0.1) is 19.3 Å². The summed E-state index contributed by atoms with van der Waals surface area (Å²) in [5.41, 5.74) is 0.866. The van der Waals surface area contributed by atoms with Crippen LogP contribution in [0, 0.1) is 0 Å². The van der Waals surface area contributed by atoms with E-state index in [1.54, 1.807) is 18.5 Å². The van der Waals surface area contributed by atoms with Crippen molar-refractivity contribution in [2.24, 2.45) is 0 Å². The highest BCUT2D eigenvalue weighted by molar-refractivity contribution is 7.89. The number of nitrogens with one attached hydrogen (secondary N) is 1. The second-order valence-electron chi connectivity index (χ2n) is 5.16. The van der Waals surface area contributed by atoms with E-state index in [1.807, 2.05) is 12.1 Å². The maximum atomic E-state index is 13.0. The van der Waals surface area contributed by atoms with Gasteiger partial charge in [-0.3, -0.25) is 4.98 Å². The van der Waals surface area contributed by atoms with E-state index in [2.05, 4.69) is 15.3 Å². The lowest BCUT2D eigenvalue weighted by Gasteiger charge is -2.35. The van der Waals surface area contributed by atoms with Gasteiger partial charge in [-0.25, -0.2) is 13.4 Å². The smallest absolute Gasteiger partial charge is 0.245 e. The molecule has 1 fully saturated rings. The molecule has 0 amide bonds. The third kappa shape index (κ3) is 3.67. The molecule has 1 saturated heterocycles. The van der Waals surface area contributed by atoms with E-state index >= 15 is 0 Å². The predicted molar refractivity (Wildman–Crippen MR) is 91.8 cm³/mol.